The van der Waals surface area contributed by atoms with Gasteiger partial charge in [-0.3, -0.25) is 14.5 Å². The van der Waals surface area contributed by atoms with Gasteiger partial charge in [-0.1, -0.05) is 0 Å². The van der Waals surface area contributed by atoms with Crippen LogP contribution in [0.25, 0.3) is 0 Å². The summed E-state index contributed by atoms with van der Waals surface area (Å²) in [6.45, 7) is 8.83. The summed E-state index contributed by atoms with van der Waals surface area (Å²) in [5.74, 6) is -0.0799. The minimum absolute atomic E-state index is 0.0193. The summed E-state index contributed by atoms with van der Waals surface area (Å²) < 4.78 is 0. The molecule has 2 heterocycles. The van der Waals surface area contributed by atoms with Gasteiger partial charge in [0.15, 0.2) is 0 Å². The first-order chi connectivity index (χ1) is 10.4. The zero-order valence-corrected chi connectivity index (χ0v) is 13.7. The van der Waals surface area contributed by atoms with Crippen molar-refractivity contribution in [3.8, 4) is 0 Å². The van der Waals surface area contributed by atoms with Gasteiger partial charge in [-0.2, -0.15) is 5.10 Å². The Morgan fingerprint density at radius 1 is 1.41 bits per heavy atom. The van der Waals surface area contributed by atoms with E-state index in [2.05, 4.69) is 16.9 Å². The van der Waals surface area contributed by atoms with Crippen LogP contribution in [0.1, 0.15) is 33.6 Å². The van der Waals surface area contributed by atoms with Crippen LogP contribution in [0.4, 0.5) is 0 Å². The number of aliphatic hydroxyl groups excluding tert-OH is 1. The molecule has 0 aliphatic carbocycles. The fourth-order valence-corrected chi connectivity index (χ4v) is 2.98. The van der Waals surface area contributed by atoms with E-state index < -0.39 is 0 Å². The highest BCUT2D eigenvalue weighted by Gasteiger charge is 2.31. The second-order valence-electron chi connectivity index (χ2n) is 6.10. The first kappa shape index (κ1) is 16.9. The van der Waals surface area contributed by atoms with Crippen LogP contribution in [0.3, 0.4) is 0 Å². The highest BCUT2D eigenvalue weighted by molar-refractivity contribution is 6.39. The molecule has 1 saturated heterocycles. The molecule has 0 saturated carbocycles. The number of nitrogens with zero attached hydrogens (tertiary/aromatic N) is 4. The van der Waals surface area contributed by atoms with Crippen LogP contribution in [-0.4, -0.2) is 82.3 Å². The molecule has 0 spiro atoms. The predicted molar refractivity (Wildman–Crippen MR) is 83.4 cm³/mol. The molecule has 124 valence electrons. The lowest BCUT2D eigenvalue weighted by Gasteiger charge is -2.40. The zero-order valence-electron chi connectivity index (χ0n) is 13.7. The Kier molecular flexibility index (Phi) is 5.52. The third-order valence-electron chi connectivity index (χ3n) is 4.20. The van der Waals surface area contributed by atoms with Crippen molar-refractivity contribution < 1.29 is 14.7 Å². The van der Waals surface area contributed by atoms with Crippen molar-refractivity contribution in [3.05, 3.63) is 0 Å². The van der Waals surface area contributed by atoms with Crippen LogP contribution in [0.2, 0.25) is 0 Å². The summed E-state index contributed by atoms with van der Waals surface area (Å²) in [5, 5.41) is 15.1. The summed E-state index contributed by atoms with van der Waals surface area (Å²) in [7, 11) is 0. The summed E-state index contributed by atoms with van der Waals surface area (Å²) >= 11 is 0. The number of carbonyl (C=O) groups is 2. The lowest BCUT2D eigenvalue weighted by Crippen LogP contribution is -2.56. The molecular formula is C15H26N4O3. The van der Waals surface area contributed by atoms with Crippen molar-refractivity contribution in [1.29, 1.82) is 0 Å². The smallest absolute Gasteiger partial charge is 0.270 e. The molecule has 0 radical (unpaired) electrons. The number of hydrogen-bond acceptors (Lipinski definition) is 5. The number of rotatable bonds is 4. The number of piperazine rings is 1. The van der Waals surface area contributed by atoms with E-state index in [1.165, 1.54) is 5.01 Å². The number of hydrogen-bond donors (Lipinski definition) is 1. The predicted octanol–water partition coefficient (Wildman–Crippen LogP) is -0.102. The second-order valence-corrected chi connectivity index (χ2v) is 6.10. The first-order valence-electron chi connectivity index (χ1n) is 8.01. The van der Waals surface area contributed by atoms with Gasteiger partial charge >= 0.3 is 0 Å². The molecule has 2 atom stereocenters. The molecule has 7 nitrogen and oxygen atoms in total. The Balaban J connectivity index is 1.98. The van der Waals surface area contributed by atoms with Crippen molar-refractivity contribution in [3.63, 3.8) is 0 Å². The molecule has 2 unspecified atom stereocenters. The standard InChI is InChI=1S/C15H26N4O3/c1-4-19-14(21)6-5-13(16-19)15(22)18-8-7-17(10-12(3)20)11(2)9-18/h11-12,20H,4-10H2,1-3H3. The lowest BCUT2D eigenvalue weighted by atomic mass is 10.1. The fraction of sp³-hybridized carbons (Fsp3) is 0.800. The van der Waals surface area contributed by atoms with E-state index in [4.69, 9.17) is 0 Å². The van der Waals surface area contributed by atoms with Crippen molar-refractivity contribution in [1.82, 2.24) is 14.8 Å². The Morgan fingerprint density at radius 3 is 2.73 bits per heavy atom. The average Bonchev–Trinajstić information content (AvgIpc) is 2.48. The van der Waals surface area contributed by atoms with Crippen molar-refractivity contribution in [2.45, 2.75) is 45.8 Å². The van der Waals surface area contributed by atoms with Gasteiger partial charge in [0.25, 0.3) is 5.91 Å². The Morgan fingerprint density at radius 2 is 2.14 bits per heavy atom. The molecule has 1 N–H and O–H groups in total. The lowest BCUT2D eigenvalue weighted by molar-refractivity contribution is -0.132. The van der Waals surface area contributed by atoms with Gasteiger partial charge in [0.2, 0.25) is 5.91 Å². The van der Waals surface area contributed by atoms with Gasteiger partial charge in [0.05, 0.1) is 6.10 Å². The van der Waals surface area contributed by atoms with Gasteiger partial charge in [-0.25, -0.2) is 5.01 Å². The zero-order chi connectivity index (χ0) is 16.3. The van der Waals surface area contributed by atoms with Gasteiger partial charge in [-0.05, 0) is 20.8 Å². The Bertz CT molecular complexity index is 464. The number of hydrazone groups is 1. The van der Waals surface area contributed by atoms with Crippen LogP contribution in [0.5, 0.6) is 0 Å². The molecule has 7 heteroatoms. The quantitative estimate of drug-likeness (QED) is 0.786. The number of carbonyl (C=O) groups excluding carboxylic acids is 2. The van der Waals surface area contributed by atoms with E-state index >= 15 is 0 Å². The van der Waals surface area contributed by atoms with E-state index in [1.54, 1.807) is 6.92 Å². The van der Waals surface area contributed by atoms with Crippen LogP contribution >= 0.6 is 0 Å². The highest BCUT2D eigenvalue weighted by Crippen LogP contribution is 2.15. The largest absolute Gasteiger partial charge is 0.392 e. The number of amides is 2. The molecule has 0 aromatic rings. The van der Waals surface area contributed by atoms with E-state index in [0.717, 1.165) is 6.54 Å². The van der Waals surface area contributed by atoms with Crippen molar-refractivity contribution >= 4 is 17.5 Å². The topological polar surface area (TPSA) is 76.5 Å². The SMILES string of the molecule is CCN1N=C(C(=O)N2CCN(CC(C)O)C(C)C2)CCC1=O. The molecule has 2 aliphatic heterocycles. The van der Waals surface area contributed by atoms with Crippen molar-refractivity contribution in [2.75, 3.05) is 32.7 Å². The molecule has 0 aromatic carbocycles. The van der Waals surface area contributed by atoms with Crippen LogP contribution < -0.4 is 0 Å². The third kappa shape index (κ3) is 3.84. The maximum absolute atomic E-state index is 12.6. The van der Waals surface area contributed by atoms with Crippen molar-refractivity contribution in [2.24, 2.45) is 5.10 Å². The molecule has 2 rings (SSSR count). The molecule has 1 fully saturated rings. The third-order valence-corrected chi connectivity index (χ3v) is 4.20. The van der Waals surface area contributed by atoms with Gasteiger partial charge in [0, 0.05) is 51.6 Å². The van der Waals surface area contributed by atoms with Gasteiger partial charge in [0.1, 0.15) is 5.71 Å². The molecule has 0 bridgehead atoms. The summed E-state index contributed by atoms with van der Waals surface area (Å²) in [6, 6.07) is 0.209. The number of aliphatic hydroxyl groups is 1. The first-order valence-corrected chi connectivity index (χ1v) is 8.01. The monoisotopic (exact) mass is 310 g/mol. The minimum atomic E-state index is -0.364. The van der Waals surface area contributed by atoms with Gasteiger partial charge < -0.3 is 10.0 Å². The summed E-state index contributed by atoms with van der Waals surface area (Å²) in [4.78, 5) is 28.2. The maximum Gasteiger partial charge on any atom is 0.270 e. The average molecular weight is 310 g/mol. The normalized spacial score (nSPS) is 25.2. The van der Waals surface area contributed by atoms with E-state index in [9.17, 15) is 14.7 Å². The van der Waals surface area contributed by atoms with E-state index in [-0.39, 0.29) is 24.0 Å². The minimum Gasteiger partial charge on any atom is -0.392 e. The molecule has 22 heavy (non-hydrogen) atoms. The molecular weight excluding hydrogens is 284 g/mol. The van der Waals surface area contributed by atoms with Gasteiger partial charge in [-0.15, -0.1) is 0 Å². The van der Waals surface area contributed by atoms with E-state index in [0.29, 0.717) is 44.7 Å². The highest BCUT2D eigenvalue weighted by atomic mass is 16.3. The van der Waals surface area contributed by atoms with Crippen LogP contribution in [0, 0.1) is 0 Å². The molecule has 0 aromatic heterocycles. The van der Waals surface area contributed by atoms with E-state index in [1.807, 2.05) is 11.8 Å². The second kappa shape index (κ2) is 7.19. The maximum atomic E-state index is 12.6. The molecule has 2 aliphatic rings. The number of β-amino-alcohol motifs (C(OH)–C–C–N with tert-alkyl or cyclic N) is 1. The summed E-state index contributed by atoms with van der Waals surface area (Å²) in [6.07, 6.45) is 0.420. The fourth-order valence-electron chi connectivity index (χ4n) is 2.98. The van der Waals surface area contributed by atoms with Crippen LogP contribution in [-0.2, 0) is 9.59 Å². The Labute approximate surface area is 131 Å². The van der Waals surface area contributed by atoms with Crippen LogP contribution in [0.15, 0.2) is 5.10 Å². The summed E-state index contributed by atoms with van der Waals surface area (Å²) in [5.41, 5.74) is 0.484. The molecule has 2 amide bonds. The Hall–Kier alpha value is -1.47.